The van der Waals surface area contributed by atoms with Gasteiger partial charge >= 0.3 is 12.1 Å². The summed E-state index contributed by atoms with van der Waals surface area (Å²) in [5.41, 5.74) is 7.77. The summed E-state index contributed by atoms with van der Waals surface area (Å²) in [7, 11) is 0. The molecule has 0 aromatic heterocycles. The molecule has 0 aliphatic heterocycles. The van der Waals surface area contributed by atoms with Crippen LogP contribution in [0.2, 0.25) is 0 Å². The van der Waals surface area contributed by atoms with Crippen molar-refractivity contribution < 1.29 is 23.9 Å². The predicted molar refractivity (Wildman–Crippen MR) is 120 cm³/mol. The van der Waals surface area contributed by atoms with Gasteiger partial charge in [0, 0.05) is 18.7 Å². The van der Waals surface area contributed by atoms with E-state index < -0.39 is 29.7 Å². The minimum absolute atomic E-state index is 0.0724. The molecule has 0 aliphatic rings. The number of benzene rings is 2. The van der Waals surface area contributed by atoms with E-state index >= 15 is 0 Å². The highest BCUT2D eigenvalue weighted by atomic mass is 16.6. The number of ether oxygens (including phenoxy) is 2. The molecular formula is C24H28N4O5. The quantitative estimate of drug-likeness (QED) is 0.317. The van der Waals surface area contributed by atoms with E-state index in [2.05, 4.69) is 5.32 Å². The van der Waals surface area contributed by atoms with Crippen molar-refractivity contribution in [2.24, 2.45) is 5.73 Å². The number of nitrogens with zero attached hydrogens (tertiary/aromatic N) is 1. The Bertz CT molecular complexity index is 1010. The molecule has 0 radical (unpaired) electrons. The molecule has 0 spiro atoms. The van der Waals surface area contributed by atoms with Gasteiger partial charge in [-0.05, 0) is 37.5 Å². The number of nitrogens with one attached hydrogen (secondary N) is 2. The average molecular weight is 453 g/mol. The molecule has 0 aliphatic carbocycles. The summed E-state index contributed by atoms with van der Waals surface area (Å²) >= 11 is 0. The standard InChI is InChI=1S/C24H28N4O5/c1-24(2,3)33-23(31)27-14-18-6-4-16(5-7-18)12-20(29)32-21(22(30)28-15-26)19-10-8-17(13-25)9-11-19/h4-11,21H,12-14,25H2,1-3H3,(H,27,31)(H,28,30). The number of amides is 2. The van der Waals surface area contributed by atoms with Crippen LogP contribution in [-0.2, 0) is 38.6 Å². The molecule has 33 heavy (non-hydrogen) atoms. The van der Waals surface area contributed by atoms with Crippen molar-refractivity contribution in [3.63, 3.8) is 0 Å². The van der Waals surface area contributed by atoms with E-state index in [1.54, 1.807) is 75.5 Å². The molecule has 0 bridgehead atoms. The van der Waals surface area contributed by atoms with Crippen molar-refractivity contribution in [1.82, 2.24) is 10.6 Å². The zero-order valence-electron chi connectivity index (χ0n) is 18.9. The first-order chi connectivity index (χ1) is 15.6. The molecule has 2 aromatic carbocycles. The fourth-order valence-electron chi connectivity index (χ4n) is 2.83. The zero-order chi connectivity index (χ0) is 24.4. The Hall–Kier alpha value is -3.90. The van der Waals surface area contributed by atoms with Crippen molar-refractivity contribution >= 4 is 18.0 Å². The molecule has 9 nitrogen and oxygen atoms in total. The molecule has 0 heterocycles. The Kier molecular flexibility index (Phi) is 8.95. The van der Waals surface area contributed by atoms with E-state index in [1.165, 1.54) is 0 Å². The van der Waals surface area contributed by atoms with E-state index in [9.17, 15) is 14.4 Å². The molecule has 1 atom stereocenters. The van der Waals surface area contributed by atoms with Gasteiger partial charge in [0.05, 0.1) is 6.42 Å². The van der Waals surface area contributed by atoms with E-state index in [1.807, 2.05) is 5.32 Å². The Morgan fingerprint density at radius 2 is 1.58 bits per heavy atom. The number of esters is 1. The molecule has 0 saturated heterocycles. The van der Waals surface area contributed by atoms with Gasteiger partial charge in [0.25, 0.3) is 5.91 Å². The number of nitriles is 1. The van der Waals surface area contributed by atoms with Gasteiger partial charge < -0.3 is 20.5 Å². The molecule has 0 fully saturated rings. The van der Waals surface area contributed by atoms with Gasteiger partial charge in [-0.25, -0.2) is 4.79 Å². The van der Waals surface area contributed by atoms with Crippen molar-refractivity contribution in [2.75, 3.05) is 0 Å². The summed E-state index contributed by atoms with van der Waals surface area (Å²) in [5.74, 6) is -1.37. The van der Waals surface area contributed by atoms with Crippen molar-refractivity contribution in [2.45, 2.75) is 52.0 Å². The van der Waals surface area contributed by atoms with E-state index in [4.69, 9.17) is 20.5 Å². The average Bonchev–Trinajstić information content (AvgIpc) is 2.76. The van der Waals surface area contributed by atoms with Crippen LogP contribution >= 0.6 is 0 Å². The highest BCUT2D eigenvalue weighted by Crippen LogP contribution is 2.20. The van der Waals surface area contributed by atoms with E-state index in [0.717, 1.165) is 11.1 Å². The third-order valence-electron chi connectivity index (χ3n) is 4.39. The lowest BCUT2D eigenvalue weighted by Crippen LogP contribution is -2.32. The minimum atomic E-state index is -1.26. The summed E-state index contributed by atoms with van der Waals surface area (Å²) < 4.78 is 10.6. The zero-order valence-corrected chi connectivity index (χ0v) is 18.9. The molecule has 2 rings (SSSR count). The van der Waals surface area contributed by atoms with Gasteiger partial charge in [-0.3, -0.25) is 14.9 Å². The number of hydrogen-bond acceptors (Lipinski definition) is 7. The second-order valence-electron chi connectivity index (χ2n) is 8.27. The summed E-state index contributed by atoms with van der Waals surface area (Å²) in [6.45, 7) is 5.95. The van der Waals surface area contributed by atoms with Crippen LogP contribution in [0.25, 0.3) is 0 Å². The van der Waals surface area contributed by atoms with E-state index in [0.29, 0.717) is 17.7 Å². The van der Waals surface area contributed by atoms with Crippen molar-refractivity contribution in [3.8, 4) is 6.19 Å². The molecular weight excluding hydrogens is 424 g/mol. The van der Waals surface area contributed by atoms with Crippen molar-refractivity contribution in [1.29, 1.82) is 5.26 Å². The summed E-state index contributed by atoms with van der Waals surface area (Å²) in [6, 6.07) is 13.7. The second-order valence-corrected chi connectivity index (χ2v) is 8.27. The SMILES string of the molecule is CC(C)(C)OC(=O)NCc1ccc(CC(=O)OC(C(=O)NC#N)c2ccc(CN)cc2)cc1. The number of nitrogens with two attached hydrogens (primary N) is 1. The van der Waals surface area contributed by atoms with Gasteiger partial charge in [-0.15, -0.1) is 0 Å². The number of carbonyl (C=O) groups is 3. The third kappa shape index (κ3) is 8.63. The van der Waals surface area contributed by atoms with Gasteiger partial charge in [-0.1, -0.05) is 48.5 Å². The summed E-state index contributed by atoms with van der Waals surface area (Å²) in [4.78, 5) is 36.5. The maximum Gasteiger partial charge on any atom is 0.407 e. The topological polar surface area (TPSA) is 144 Å². The van der Waals surface area contributed by atoms with Crippen LogP contribution in [-0.4, -0.2) is 23.6 Å². The number of rotatable bonds is 8. The summed E-state index contributed by atoms with van der Waals surface area (Å²) in [6.07, 6.45) is -0.300. The lowest BCUT2D eigenvalue weighted by atomic mass is 10.1. The monoisotopic (exact) mass is 452 g/mol. The van der Waals surface area contributed by atoms with E-state index in [-0.39, 0.29) is 13.0 Å². The highest BCUT2D eigenvalue weighted by Gasteiger charge is 2.25. The second kappa shape index (κ2) is 11.6. The smallest absolute Gasteiger partial charge is 0.407 e. The van der Waals surface area contributed by atoms with Crippen LogP contribution in [0.5, 0.6) is 0 Å². The predicted octanol–water partition coefficient (Wildman–Crippen LogP) is 2.59. The van der Waals surface area contributed by atoms with Crippen LogP contribution in [0.3, 0.4) is 0 Å². The Balaban J connectivity index is 1.98. The molecule has 0 saturated carbocycles. The lowest BCUT2D eigenvalue weighted by Gasteiger charge is -2.19. The maximum absolute atomic E-state index is 12.5. The Morgan fingerprint density at radius 1 is 1.00 bits per heavy atom. The van der Waals surface area contributed by atoms with Crippen LogP contribution < -0.4 is 16.4 Å². The Morgan fingerprint density at radius 3 is 2.12 bits per heavy atom. The molecule has 1 unspecified atom stereocenters. The van der Waals surface area contributed by atoms with Crippen LogP contribution in [0.1, 0.15) is 49.1 Å². The van der Waals surface area contributed by atoms with Gasteiger partial charge in [0.2, 0.25) is 6.10 Å². The van der Waals surface area contributed by atoms with Crippen LogP contribution in [0.15, 0.2) is 48.5 Å². The minimum Gasteiger partial charge on any atom is -0.447 e. The fourth-order valence-corrected chi connectivity index (χ4v) is 2.83. The number of carbonyl (C=O) groups excluding carboxylic acids is 3. The first-order valence-corrected chi connectivity index (χ1v) is 10.3. The van der Waals surface area contributed by atoms with Crippen LogP contribution in [0, 0.1) is 11.5 Å². The van der Waals surface area contributed by atoms with Crippen LogP contribution in [0.4, 0.5) is 4.79 Å². The first-order valence-electron chi connectivity index (χ1n) is 10.3. The molecule has 2 aromatic rings. The fraction of sp³-hybridized carbons (Fsp3) is 0.333. The molecule has 4 N–H and O–H groups in total. The summed E-state index contributed by atoms with van der Waals surface area (Å²) in [5, 5.41) is 13.4. The normalized spacial score (nSPS) is 11.6. The Labute approximate surface area is 192 Å². The van der Waals surface area contributed by atoms with Crippen molar-refractivity contribution in [3.05, 3.63) is 70.8 Å². The lowest BCUT2D eigenvalue weighted by molar-refractivity contribution is -0.155. The number of hydrogen-bond donors (Lipinski definition) is 3. The molecule has 9 heteroatoms. The third-order valence-corrected chi connectivity index (χ3v) is 4.39. The van der Waals surface area contributed by atoms with Gasteiger partial charge in [0.1, 0.15) is 5.60 Å². The van der Waals surface area contributed by atoms with Gasteiger partial charge in [-0.2, -0.15) is 5.26 Å². The van der Waals surface area contributed by atoms with Gasteiger partial charge in [0.15, 0.2) is 6.19 Å². The first kappa shape index (κ1) is 25.4. The highest BCUT2D eigenvalue weighted by molar-refractivity contribution is 5.86. The molecule has 2 amide bonds. The molecule has 174 valence electrons. The number of alkyl carbamates (subject to hydrolysis) is 1. The maximum atomic E-state index is 12.5. The largest absolute Gasteiger partial charge is 0.447 e.